The van der Waals surface area contributed by atoms with Crippen LogP contribution in [0.3, 0.4) is 0 Å². The third kappa shape index (κ3) is 2.76. The van der Waals surface area contributed by atoms with E-state index in [2.05, 4.69) is 4.98 Å². The number of ether oxygens (including phenoxy) is 1. The third-order valence-electron chi connectivity index (χ3n) is 4.23. The van der Waals surface area contributed by atoms with Crippen LogP contribution < -0.4 is 0 Å². The number of furan rings is 1. The number of nitrogens with zero attached hydrogens (tertiary/aromatic N) is 2. The van der Waals surface area contributed by atoms with Crippen LogP contribution in [0.1, 0.15) is 27.7 Å². The molecule has 3 heterocycles. The summed E-state index contributed by atoms with van der Waals surface area (Å²) in [5.74, 6) is 0.819. The van der Waals surface area contributed by atoms with Crippen LogP contribution in [0.2, 0.25) is 0 Å². The predicted octanol–water partition coefficient (Wildman–Crippen LogP) is 2.49. The minimum absolute atomic E-state index is 0.0537. The molecule has 3 rings (SSSR count). The molecule has 0 bridgehead atoms. The van der Waals surface area contributed by atoms with E-state index in [-0.39, 0.29) is 17.7 Å². The van der Waals surface area contributed by atoms with Crippen molar-refractivity contribution in [2.45, 2.75) is 12.8 Å². The van der Waals surface area contributed by atoms with Gasteiger partial charge in [0.15, 0.2) is 5.76 Å². The van der Waals surface area contributed by atoms with Crippen LogP contribution in [0.15, 0.2) is 41.1 Å². The maximum Gasteiger partial charge on any atom is 0.289 e. The van der Waals surface area contributed by atoms with Gasteiger partial charge in [-0.2, -0.15) is 0 Å². The van der Waals surface area contributed by atoms with Gasteiger partial charge in [0.1, 0.15) is 0 Å². The Morgan fingerprint density at radius 3 is 2.91 bits per heavy atom. The largest absolute Gasteiger partial charge is 0.459 e. The van der Waals surface area contributed by atoms with E-state index in [9.17, 15) is 4.79 Å². The molecule has 1 fully saturated rings. The number of hydrogen-bond donors (Lipinski definition) is 0. The van der Waals surface area contributed by atoms with E-state index in [1.807, 2.05) is 36.1 Å². The summed E-state index contributed by atoms with van der Waals surface area (Å²) in [6, 6.07) is 7.71. The standard InChI is InChI=1S/C17H20N2O3/c1-12-6-8-22-16(12)17(20)19-9-13(11-21-2)14(10-19)15-5-3-4-7-18-15/h3-8,13-14H,9-11H2,1-2H3/t13-,14+/m0/s1. The molecule has 0 radical (unpaired) electrons. The second-order valence-corrected chi connectivity index (χ2v) is 5.72. The summed E-state index contributed by atoms with van der Waals surface area (Å²) in [6.45, 7) is 3.80. The van der Waals surface area contributed by atoms with Crippen LogP contribution in [0, 0.1) is 12.8 Å². The number of aromatic nitrogens is 1. The van der Waals surface area contributed by atoms with Gasteiger partial charge in [-0.05, 0) is 25.1 Å². The highest BCUT2D eigenvalue weighted by Crippen LogP contribution is 2.32. The summed E-state index contributed by atoms with van der Waals surface area (Å²) in [6.07, 6.45) is 3.35. The maximum atomic E-state index is 12.6. The summed E-state index contributed by atoms with van der Waals surface area (Å²) in [4.78, 5) is 18.9. The van der Waals surface area contributed by atoms with Crippen molar-refractivity contribution in [3.8, 4) is 0 Å². The average molecular weight is 300 g/mol. The van der Waals surface area contributed by atoms with Gasteiger partial charge in [0.25, 0.3) is 5.91 Å². The number of pyridine rings is 1. The Balaban J connectivity index is 1.81. The zero-order chi connectivity index (χ0) is 15.5. The van der Waals surface area contributed by atoms with E-state index in [0.717, 1.165) is 11.3 Å². The minimum atomic E-state index is -0.0537. The van der Waals surface area contributed by atoms with Crippen molar-refractivity contribution in [2.24, 2.45) is 5.92 Å². The smallest absolute Gasteiger partial charge is 0.289 e. The normalized spacial score (nSPS) is 21.3. The Morgan fingerprint density at radius 1 is 1.41 bits per heavy atom. The molecule has 1 aliphatic rings. The van der Waals surface area contributed by atoms with Gasteiger partial charge in [-0.25, -0.2) is 0 Å². The first-order valence-electron chi connectivity index (χ1n) is 7.44. The first kappa shape index (κ1) is 14.8. The van der Waals surface area contributed by atoms with Gasteiger partial charge in [-0.1, -0.05) is 6.07 Å². The van der Waals surface area contributed by atoms with E-state index in [4.69, 9.17) is 9.15 Å². The SMILES string of the molecule is COC[C@@H]1CN(C(=O)c2occc2C)C[C@H]1c1ccccn1. The monoisotopic (exact) mass is 300 g/mol. The zero-order valence-corrected chi connectivity index (χ0v) is 12.9. The quantitative estimate of drug-likeness (QED) is 0.870. The lowest BCUT2D eigenvalue weighted by molar-refractivity contribution is 0.0743. The van der Waals surface area contributed by atoms with Gasteiger partial charge in [-0.3, -0.25) is 9.78 Å². The van der Waals surface area contributed by atoms with Crippen LogP contribution in [0.25, 0.3) is 0 Å². The molecule has 0 aromatic carbocycles. The van der Waals surface area contributed by atoms with E-state index in [1.54, 1.807) is 19.6 Å². The van der Waals surface area contributed by atoms with E-state index < -0.39 is 0 Å². The Bertz CT molecular complexity index is 638. The molecular formula is C17H20N2O3. The topological polar surface area (TPSA) is 55.6 Å². The second-order valence-electron chi connectivity index (χ2n) is 5.72. The number of rotatable bonds is 4. The number of carbonyl (C=O) groups excluding carboxylic acids is 1. The highest BCUT2D eigenvalue weighted by molar-refractivity contribution is 5.93. The van der Waals surface area contributed by atoms with Crippen molar-refractivity contribution in [1.29, 1.82) is 0 Å². The molecule has 5 nitrogen and oxygen atoms in total. The lowest BCUT2D eigenvalue weighted by atomic mass is 9.93. The zero-order valence-electron chi connectivity index (χ0n) is 12.9. The van der Waals surface area contributed by atoms with Crippen molar-refractivity contribution in [3.05, 3.63) is 53.7 Å². The van der Waals surface area contributed by atoms with E-state index in [0.29, 0.717) is 25.5 Å². The molecule has 0 aliphatic carbocycles. The molecule has 1 aliphatic heterocycles. The Hall–Kier alpha value is -2.14. The number of hydrogen-bond acceptors (Lipinski definition) is 4. The fraction of sp³-hybridized carbons (Fsp3) is 0.412. The molecule has 1 saturated heterocycles. The summed E-state index contributed by atoms with van der Waals surface area (Å²) in [7, 11) is 1.69. The first-order chi connectivity index (χ1) is 10.7. The molecule has 0 unspecified atom stereocenters. The Morgan fingerprint density at radius 2 is 2.27 bits per heavy atom. The highest BCUT2D eigenvalue weighted by atomic mass is 16.5. The summed E-state index contributed by atoms with van der Waals surface area (Å²) < 4.78 is 10.7. The molecule has 5 heteroatoms. The number of amides is 1. The van der Waals surface area contributed by atoms with Crippen LogP contribution >= 0.6 is 0 Å². The summed E-state index contributed by atoms with van der Waals surface area (Å²) in [5.41, 5.74) is 1.88. The maximum absolute atomic E-state index is 12.6. The molecule has 2 atom stereocenters. The molecule has 2 aromatic rings. The fourth-order valence-electron chi connectivity index (χ4n) is 3.09. The van der Waals surface area contributed by atoms with Gasteiger partial charge >= 0.3 is 0 Å². The molecular weight excluding hydrogens is 280 g/mol. The van der Waals surface area contributed by atoms with Crippen molar-refractivity contribution in [2.75, 3.05) is 26.8 Å². The lowest BCUT2D eigenvalue weighted by Crippen LogP contribution is -2.29. The van der Waals surface area contributed by atoms with Gasteiger partial charge in [0, 0.05) is 49.5 Å². The minimum Gasteiger partial charge on any atom is -0.459 e. The fourth-order valence-corrected chi connectivity index (χ4v) is 3.09. The molecule has 0 N–H and O–H groups in total. The summed E-state index contributed by atoms with van der Waals surface area (Å²) in [5, 5.41) is 0. The molecule has 116 valence electrons. The highest BCUT2D eigenvalue weighted by Gasteiger charge is 2.38. The Labute approximate surface area is 129 Å². The first-order valence-corrected chi connectivity index (χ1v) is 7.44. The van der Waals surface area contributed by atoms with Crippen LogP contribution in [-0.2, 0) is 4.74 Å². The van der Waals surface area contributed by atoms with Gasteiger partial charge < -0.3 is 14.1 Å². The molecule has 22 heavy (non-hydrogen) atoms. The van der Waals surface area contributed by atoms with Gasteiger partial charge in [0.2, 0.25) is 0 Å². The second kappa shape index (κ2) is 6.32. The molecule has 1 amide bonds. The van der Waals surface area contributed by atoms with Crippen LogP contribution in [0.5, 0.6) is 0 Å². The van der Waals surface area contributed by atoms with Crippen molar-refractivity contribution in [3.63, 3.8) is 0 Å². The van der Waals surface area contributed by atoms with Crippen LogP contribution in [-0.4, -0.2) is 42.6 Å². The molecule has 2 aromatic heterocycles. The van der Waals surface area contributed by atoms with E-state index in [1.165, 1.54) is 0 Å². The van der Waals surface area contributed by atoms with Crippen molar-refractivity contribution in [1.82, 2.24) is 9.88 Å². The molecule has 0 spiro atoms. The summed E-state index contributed by atoms with van der Waals surface area (Å²) >= 11 is 0. The number of likely N-dealkylation sites (tertiary alicyclic amines) is 1. The van der Waals surface area contributed by atoms with Crippen LogP contribution in [0.4, 0.5) is 0 Å². The van der Waals surface area contributed by atoms with Gasteiger partial charge in [-0.15, -0.1) is 0 Å². The number of aryl methyl sites for hydroxylation is 1. The lowest BCUT2D eigenvalue weighted by Gasteiger charge is -2.16. The average Bonchev–Trinajstić information content (AvgIpc) is 3.14. The predicted molar refractivity (Wildman–Crippen MR) is 81.7 cm³/mol. The number of methoxy groups -OCH3 is 1. The third-order valence-corrected chi connectivity index (χ3v) is 4.23. The van der Waals surface area contributed by atoms with Gasteiger partial charge in [0.05, 0.1) is 12.9 Å². The Kier molecular flexibility index (Phi) is 4.24. The van der Waals surface area contributed by atoms with E-state index >= 15 is 0 Å². The number of carbonyl (C=O) groups is 1. The van der Waals surface area contributed by atoms with Crippen molar-refractivity contribution >= 4 is 5.91 Å². The molecule has 0 saturated carbocycles. The van der Waals surface area contributed by atoms with Crippen molar-refractivity contribution < 1.29 is 13.9 Å².